The molecule has 27 heavy (non-hydrogen) atoms. The molecule has 0 bridgehead atoms. The summed E-state index contributed by atoms with van der Waals surface area (Å²) in [7, 11) is 0. The Morgan fingerprint density at radius 2 is 1.74 bits per heavy atom. The third-order valence-corrected chi connectivity index (χ3v) is 4.16. The first-order valence-electron chi connectivity index (χ1n) is 8.87. The van der Waals surface area contributed by atoms with Crippen LogP contribution in [0.2, 0.25) is 0 Å². The number of para-hydroxylation sites is 1. The summed E-state index contributed by atoms with van der Waals surface area (Å²) in [4.78, 5) is 23.1. The molecule has 2 aromatic rings. The summed E-state index contributed by atoms with van der Waals surface area (Å²) in [6.45, 7) is 4.38. The predicted octanol–water partition coefficient (Wildman–Crippen LogP) is 4.61. The first-order chi connectivity index (χ1) is 12.9. The van der Waals surface area contributed by atoms with E-state index in [0.29, 0.717) is 18.7 Å². The predicted molar refractivity (Wildman–Crippen MR) is 107 cm³/mol. The molecule has 0 aromatic heterocycles. The quantitative estimate of drug-likeness (QED) is 0.501. The molecule has 1 amide bonds. The highest BCUT2D eigenvalue weighted by atomic mass is 16.5. The van der Waals surface area contributed by atoms with Crippen LogP contribution in [-0.4, -0.2) is 23.6 Å². The maximum Gasteiger partial charge on any atom is 0.328 e. The van der Waals surface area contributed by atoms with Gasteiger partial charge in [0, 0.05) is 17.2 Å². The number of benzene rings is 2. The van der Waals surface area contributed by atoms with E-state index >= 15 is 0 Å². The van der Waals surface area contributed by atoms with Crippen LogP contribution in [0.4, 0.5) is 5.69 Å². The standard InChI is InChI=1S/C22H25NO4/c1-22(2,15-6-16-27-19-7-4-3-5-8-19)21(26)23-18-12-9-17(10-13-18)11-14-20(24)25/h3-5,7-14H,6,15-16H2,1-2H3,(H,23,26)(H,24,25)/b14-11+. The first kappa shape index (κ1) is 20.2. The van der Waals surface area contributed by atoms with Gasteiger partial charge in [-0.25, -0.2) is 4.79 Å². The summed E-state index contributed by atoms with van der Waals surface area (Å²) in [5.41, 5.74) is 0.913. The molecule has 142 valence electrons. The lowest BCUT2D eigenvalue weighted by Gasteiger charge is -2.23. The molecule has 0 spiro atoms. The third-order valence-electron chi connectivity index (χ3n) is 4.16. The summed E-state index contributed by atoms with van der Waals surface area (Å²) in [6.07, 6.45) is 4.05. The zero-order valence-electron chi connectivity index (χ0n) is 15.6. The van der Waals surface area contributed by atoms with Gasteiger partial charge in [0.05, 0.1) is 6.61 Å². The Balaban J connectivity index is 1.81. The second-order valence-corrected chi connectivity index (χ2v) is 6.90. The number of anilines is 1. The van der Waals surface area contributed by atoms with E-state index in [4.69, 9.17) is 9.84 Å². The fourth-order valence-corrected chi connectivity index (χ4v) is 2.48. The molecule has 0 heterocycles. The van der Waals surface area contributed by atoms with Crippen LogP contribution in [0, 0.1) is 5.41 Å². The van der Waals surface area contributed by atoms with Crippen molar-refractivity contribution in [2.45, 2.75) is 26.7 Å². The maximum absolute atomic E-state index is 12.6. The van der Waals surface area contributed by atoms with Crippen molar-refractivity contribution in [3.05, 3.63) is 66.2 Å². The number of carbonyl (C=O) groups is 2. The van der Waals surface area contributed by atoms with Gasteiger partial charge in [0.25, 0.3) is 0 Å². The van der Waals surface area contributed by atoms with Gasteiger partial charge in [0.15, 0.2) is 0 Å². The van der Waals surface area contributed by atoms with Crippen molar-refractivity contribution < 1.29 is 19.4 Å². The number of carboxylic acid groups (broad SMARTS) is 1. The molecule has 0 fully saturated rings. The molecular formula is C22H25NO4. The fourth-order valence-electron chi connectivity index (χ4n) is 2.48. The van der Waals surface area contributed by atoms with E-state index in [9.17, 15) is 9.59 Å². The largest absolute Gasteiger partial charge is 0.494 e. The lowest BCUT2D eigenvalue weighted by molar-refractivity contribution is -0.131. The Morgan fingerprint density at radius 3 is 2.37 bits per heavy atom. The Hall–Kier alpha value is -3.08. The molecule has 0 saturated carbocycles. The van der Waals surface area contributed by atoms with Crippen LogP contribution >= 0.6 is 0 Å². The van der Waals surface area contributed by atoms with Crippen molar-refractivity contribution in [3.63, 3.8) is 0 Å². The minimum atomic E-state index is -0.995. The first-order valence-corrected chi connectivity index (χ1v) is 8.87. The molecule has 0 radical (unpaired) electrons. The zero-order chi connectivity index (χ0) is 19.7. The highest BCUT2D eigenvalue weighted by Crippen LogP contribution is 2.25. The topological polar surface area (TPSA) is 75.6 Å². The Morgan fingerprint density at radius 1 is 1.07 bits per heavy atom. The van der Waals surface area contributed by atoms with Crippen LogP contribution in [0.5, 0.6) is 5.75 Å². The number of ether oxygens (including phenoxy) is 1. The molecular weight excluding hydrogens is 342 g/mol. The molecule has 5 heteroatoms. The smallest absolute Gasteiger partial charge is 0.328 e. The van der Waals surface area contributed by atoms with Gasteiger partial charge in [-0.15, -0.1) is 0 Å². The Bertz CT molecular complexity index is 780. The van der Waals surface area contributed by atoms with Crippen molar-refractivity contribution in [2.24, 2.45) is 5.41 Å². The van der Waals surface area contributed by atoms with Gasteiger partial charge in [0.1, 0.15) is 5.75 Å². The van der Waals surface area contributed by atoms with E-state index in [-0.39, 0.29) is 5.91 Å². The zero-order valence-corrected chi connectivity index (χ0v) is 15.6. The number of hydrogen-bond acceptors (Lipinski definition) is 3. The highest BCUT2D eigenvalue weighted by molar-refractivity contribution is 5.95. The summed E-state index contributed by atoms with van der Waals surface area (Å²) in [6, 6.07) is 16.6. The fraction of sp³-hybridized carbons (Fsp3) is 0.273. The lowest BCUT2D eigenvalue weighted by atomic mass is 9.87. The third kappa shape index (κ3) is 6.98. The van der Waals surface area contributed by atoms with Crippen molar-refractivity contribution in [1.82, 2.24) is 0 Å². The molecule has 0 aliphatic heterocycles. The van der Waals surface area contributed by atoms with Crippen molar-refractivity contribution in [3.8, 4) is 5.75 Å². The monoisotopic (exact) mass is 367 g/mol. The molecule has 2 rings (SSSR count). The van der Waals surface area contributed by atoms with Gasteiger partial charge in [-0.3, -0.25) is 4.79 Å². The van der Waals surface area contributed by atoms with Gasteiger partial charge < -0.3 is 15.2 Å². The lowest BCUT2D eigenvalue weighted by Crippen LogP contribution is -2.31. The molecule has 5 nitrogen and oxygen atoms in total. The van der Waals surface area contributed by atoms with Crippen LogP contribution in [0.25, 0.3) is 6.08 Å². The van der Waals surface area contributed by atoms with E-state index in [2.05, 4.69) is 5.32 Å². The highest BCUT2D eigenvalue weighted by Gasteiger charge is 2.27. The average molecular weight is 367 g/mol. The molecule has 0 aliphatic rings. The van der Waals surface area contributed by atoms with Gasteiger partial charge in [-0.1, -0.05) is 44.2 Å². The van der Waals surface area contributed by atoms with E-state index in [1.54, 1.807) is 24.3 Å². The second-order valence-electron chi connectivity index (χ2n) is 6.90. The molecule has 2 aromatic carbocycles. The Labute approximate surface area is 159 Å². The molecule has 0 saturated heterocycles. The minimum absolute atomic E-state index is 0.0592. The number of amides is 1. The summed E-state index contributed by atoms with van der Waals surface area (Å²) >= 11 is 0. The average Bonchev–Trinajstić information content (AvgIpc) is 2.65. The maximum atomic E-state index is 12.6. The van der Waals surface area contributed by atoms with Gasteiger partial charge in [0.2, 0.25) is 5.91 Å². The number of hydrogen-bond donors (Lipinski definition) is 2. The Kier molecular flexibility index (Phi) is 7.17. The summed E-state index contributed by atoms with van der Waals surface area (Å²) < 4.78 is 5.67. The summed E-state index contributed by atoms with van der Waals surface area (Å²) in [5, 5.41) is 11.6. The van der Waals surface area contributed by atoms with Crippen molar-refractivity contribution in [2.75, 3.05) is 11.9 Å². The number of rotatable bonds is 9. The molecule has 0 unspecified atom stereocenters. The molecule has 0 atom stereocenters. The number of nitrogens with one attached hydrogen (secondary N) is 1. The normalized spacial score (nSPS) is 11.3. The number of carboxylic acids is 1. The SMILES string of the molecule is CC(C)(CCCOc1ccccc1)C(=O)Nc1ccc(/C=C/C(=O)O)cc1. The van der Waals surface area contributed by atoms with E-state index < -0.39 is 11.4 Å². The van der Waals surface area contributed by atoms with Crippen LogP contribution < -0.4 is 10.1 Å². The van der Waals surface area contributed by atoms with Crippen LogP contribution in [0.3, 0.4) is 0 Å². The van der Waals surface area contributed by atoms with Crippen LogP contribution in [0.15, 0.2) is 60.7 Å². The van der Waals surface area contributed by atoms with E-state index in [1.165, 1.54) is 6.08 Å². The van der Waals surface area contributed by atoms with Crippen LogP contribution in [0.1, 0.15) is 32.3 Å². The van der Waals surface area contributed by atoms with E-state index in [0.717, 1.165) is 23.8 Å². The van der Waals surface area contributed by atoms with E-state index in [1.807, 2.05) is 44.2 Å². The second kappa shape index (κ2) is 9.57. The number of carbonyl (C=O) groups excluding carboxylic acids is 1. The molecule has 0 aliphatic carbocycles. The number of aliphatic carboxylic acids is 1. The van der Waals surface area contributed by atoms with Crippen molar-refractivity contribution in [1.29, 1.82) is 0 Å². The van der Waals surface area contributed by atoms with Gasteiger partial charge >= 0.3 is 5.97 Å². The van der Waals surface area contributed by atoms with Gasteiger partial charge in [-0.2, -0.15) is 0 Å². The summed E-state index contributed by atoms with van der Waals surface area (Å²) in [5.74, 6) is -0.224. The minimum Gasteiger partial charge on any atom is -0.494 e. The van der Waals surface area contributed by atoms with Crippen molar-refractivity contribution >= 4 is 23.6 Å². The van der Waals surface area contributed by atoms with Gasteiger partial charge in [-0.05, 0) is 48.7 Å². The van der Waals surface area contributed by atoms with Crippen LogP contribution in [-0.2, 0) is 9.59 Å². The molecule has 2 N–H and O–H groups in total.